The summed E-state index contributed by atoms with van der Waals surface area (Å²) in [6.45, 7) is 2.86. The number of ether oxygens (including phenoxy) is 1. The lowest BCUT2D eigenvalue weighted by atomic mass is 10.1. The van der Waals surface area contributed by atoms with Crippen molar-refractivity contribution in [3.8, 4) is 5.75 Å². The first-order valence-corrected chi connectivity index (χ1v) is 9.03. The fraction of sp³-hybridized carbons (Fsp3) is 0.286. The Morgan fingerprint density at radius 2 is 1.96 bits per heavy atom. The molecule has 28 heavy (non-hydrogen) atoms. The highest BCUT2D eigenvalue weighted by molar-refractivity contribution is 5.80. The summed E-state index contributed by atoms with van der Waals surface area (Å²) in [6.07, 6.45) is 1.68. The van der Waals surface area contributed by atoms with E-state index in [4.69, 9.17) is 4.74 Å². The monoisotopic (exact) mass is 383 g/mol. The molecule has 0 N–H and O–H groups in total. The third-order valence-electron chi connectivity index (χ3n) is 4.56. The van der Waals surface area contributed by atoms with Gasteiger partial charge in [0, 0.05) is 20.0 Å². The maximum Gasteiger partial charge on any atom is 0.261 e. The van der Waals surface area contributed by atoms with Gasteiger partial charge in [-0.1, -0.05) is 12.1 Å². The maximum atomic E-state index is 12.9. The molecule has 7 heteroatoms. The first-order valence-electron chi connectivity index (χ1n) is 9.03. The van der Waals surface area contributed by atoms with Crippen molar-refractivity contribution in [3.05, 3.63) is 70.5 Å². The molecule has 3 aromatic rings. The van der Waals surface area contributed by atoms with Gasteiger partial charge in [-0.3, -0.25) is 14.2 Å². The minimum absolute atomic E-state index is 0.0982. The first kappa shape index (κ1) is 19.5. The van der Waals surface area contributed by atoms with Crippen LogP contribution in [-0.2, 0) is 11.3 Å². The number of halogens is 1. The number of nitrogens with zero attached hydrogens (tertiary/aromatic N) is 3. The fourth-order valence-electron chi connectivity index (χ4n) is 2.86. The number of benzene rings is 2. The van der Waals surface area contributed by atoms with E-state index < -0.39 is 0 Å². The first-order chi connectivity index (χ1) is 13.5. The Labute approximate surface area is 162 Å². The van der Waals surface area contributed by atoms with E-state index in [2.05, 4.69) is 4.98 Å². The number of likely N-dealkylation sites (N-methyl/N-ethyl adjacent to an activating group) is 1. The summed E-state index contributed by atoms with van der Waals surface area (Å²) < 4.78 is 19.8. The average molecular weight is 383 g/mol. The van der Waals surface area contributed by atoms with Gasteiger partial charge in [0.1, 0.15) is 18.2 Å². The molecule has 0 aliphatic heterocycles. The molecule has 0 aliphatic carbocycles. The van der Waals surface area contributed by atoms with E-state index in [-0.39, 0.29) is 30.2 Å². The number of fused-ring (bicyclic) bond motifs is 1. The van der Waals surface area contributed by atoms with Crippen LogP contribution in [0.1, 0.15) is 12.0 Å². The van der Waals surface area contributed by atoms with Crippen molar-refractivity contribution < 1.29 is 13.9 Å². The Balaban J connectivity index is 1.53. The second-order valence-corrected chi connectivity index (χ2v) is 6.58. The molecule has 1 aromatic heterocycles. The molecular formula is C21H22FN3O3. The van der Waals surface area contributed by atoms with Crippen molar-refractivity contribution in [1.82, 2.24) is 14.5 Å². The minimum atomic E-state index is -0.326. The van der Waals surface area contributed by atoms with Gasteiger partial charge in [0.2, 0.25) is 5.91 Å². The summed E-state index contributed by atoms with van der Waals surface area (Å²) in [5.41, 5.74) is 1.48. The van der Waals surface area contributed by atoms with Gasteiger partial charge in [-0.15, -0.1) is 0 Å². The van der Waals surface area contributed by atoms with Crippen molar-refractivity contribution in [2.45, 2.75) is 19.9 Å². The molecule has 0 aliphatic rings. The number of rotatable bonds is 7. The Kier molecular flexibility index (Phi) is 6.03. The quantitative estimate of drug-likeness (QED) is 0.629. The van der Waals surface area contributed by atoms with Crippen LogP contribution >= 0.6 is 0 Å². The molecule has 0 fully saturated rings. The van der Waals surface area contributed by atoms with Gasteiger partial charge in [0.05, 0.1) is 23.8 Å². The van der Waals surface area contributed by atoms with Crippen LogP contribution in [0, 0.1) is 12.7 Å². The average Bonchev–Trinajstić information content (AvgIpc) is 2.69. The molecule has 1 amide bonds. The van der Waals surface area contributed by atoms with Crippen LogP contribution in [0.4, 0.5) is 4.39 Å². The van der Waals surface area contributed by atoms with Crippen molar-refractivity contribution in [2.24, 2.45) is 0 Å². The number of hydrogen-bond acceptors (Lipinski definition) is 4. The predicted octanol–water partition coefficient (Wildman–Crippen LogP) is 2.77. The standard InChI is InChI=1S/C21H22FN3O3/c1-15-4-3-5-18-20(15)23-14-25(21(18)27)11-10-19(26)24(2)12-13-28-17-8-6-16(22)7-9-17/h3-9,14H,10-13H2,1-2H3. The van der Waals surface area contributed by atoms with Gasteiger partial charge in [0.15, 0.2) is 0 Å². The largest absolute Gasteiger partial charge is 0.492 e. The minimum Gasteiger partial charge on any atom is -0.492 e. The Hall–Kier alpha value is -3.22. The van der Waals surface area contributed by atoms with Gasteiger partial charge in [0.25, 0.3) is 5.56 Å². The number of para-hydroxylation sites is 1. The molecule has 0 atom stereocenters. The topological polar surface area (TPSA) is 64.4 Å². The summed E-state index contributed by atoms with van der Waals surface area (Å²) in [5, 5.41) is 0.552. The van der Waals surface area contributed by atoms with Crippen LogP contribution < -0.4 is 10.3 Å². The van der Waals surface area contributed by atoms with E-state index in [9.17, 15) is 14.0 Å². The van der Waals surface area contributed by atoms with Crippen LogP contribution in [-0.4, -0.2) is 40.6 Å². The van der Waals surface area contributed by atoms with E-state index >= 15 is 0 Å². The van der Waals surface area contributed by atoms with Gasteiger partial charge < -0.3 is 9.64 Å². The molecule has 0 bridgehead atoms. The number of amides is 1. The van der Waals surface area contributed by atoms with Gasteiger partial charge in [-0.05, 0) is 42.8 Å². The number of carbonyl (C=O) groups is 1. The van der Waals surface area contributed by atoms with Crippen LogP contribution in [0.5, 0.6) is 5.75 Å². The third-order valence-corrected chi connectivity index (χ3v) is 4.56. The van der Waals surface area contributed by atoms with E-state index in [1.165, 1.54) is 35.2 Å². The molecule has 6 nitrogen and oxygen atoms in total. The van der Waals surface area contributed by atoms with Crippen molar-refractivity contribution in [1.29, 1.82) is 0 Å². The van der Waals surface area contributed by atoms with Gasteiger partial charge in [-0.25, -0.2) is 9.37 Å². The predicted molar refractivity (Wildman–Crippen MR) is 105 cm³/mol. The Morgan fingerprint density at radius 1 is 1.21 bits per heavy atom. The third kappa shape index (κ3) is 4.54. The van der Waals surface area contributed by atoms with Crippen LogP contribution in [0.2, 0.25) is 0 Å². The molecule has 146 valence electrons. The smallest absolute Gasteiger partial charge is 0.261 e. The lowest BCUT2D eigenvalue weighted by molar-refractivity contribution is -0.130. The molecule has 1 heterocycles. The second-order valence-electron chi connectivity index (χ2n) is 6.58. The number of aromatic nitrogens is 2. The van der Waals surface area contributed by atoms with Gasteiger partial charge in [-0.2, -0.15) is 0 Å². The van der Waals surface area contributed by atoms with Crippen LogP contribution in [0.15, 0.2) is 53.6 Å². The summed E-state index contributed by atoms with van der Waals surface area (Å²) in [5.74, 6) is 0.124. The second kappa shape index (κ2) is 8.65. The summed E-state index contributed by atoms with van der Waals surface area (Å²) in [6, 6.07) is 11.2. The van der Waals surface area contributed by atoms with Crippen LogP contribution in [0.25, 0.3) is 10.9 Å². The summed E-state index contributed by atoms with van der Waals surface area (Å²) >= 11 is 0. The number of hydrogen-bond donors (Lipinski definition) is 0. The normalized spacial score (nSPS) is 10.8. The maximum absolute atomic E-state index is 12.9. The zero-order valence-corrected chi connectivity index (χ0v) is 15.9. The molecule has 3 rings (SSSR count). The molecule has 0 radical (unpaired) electrons. The highest BCUT2D eigenvalue weighted by Crippen LogP contribution is 2.12. The molecule has 0 unspecified atom stereocenters. The molecular weight excluding hydrogens is 361 g/mol. The lowest BCUT2D eigenvalue weighted by Crippen LogP contribution is -2.32. The molecule has 0 saturated heterocycles. The number of aryl methyl sites for hydroxylation is 2. The zero-order chi connectivity index (χ0) is 20.1. The van der Waals surface area contributed by atoms with Gasteiger partial charge >= 0.3 is 0 Å². The van der Waals surface area contributed by atoms with Crippen molar-refractivity contribution in [2.75, 3.05) is 20.2 Å². The Bertz CT molecular complexity index is 1030. The summed E-state index contributed by atoms with van der Waals surface area (Å²) in [4.78, 5) is 30.8. The highest BCUT2D eigenvalue weighted by Gasteiger charge is 2.11. The molecule has 0 spiro atoms. The van der Waals surface area contributed by atoms with E-state index in [0.29, 0.717) is 29.8 Å². The number of carbonyl (C=O) groups excluding carboxylic acids is 1. The van der Waals surface area contributed by atoms with Crippen molar-refractivity contribution in [3.63, 3.8) is 0 Å². The molecule has 2 aromatic carbocycles. The molecule has 0 saturated carbocycles. The lowest BCUT2D eigenvalue weighted by Gasteiger charge is -2.18. The van der Waals surface area contributed by atoms with Crippen LogP contribution in [0.3, 0.4) is 0 Å². The fourth-order valence-corrected chi connectivity index (χ4v) is 2.86. The van der Waals surface area contributed by atoms with Crippen molar-refractivity contribution >= 4 is 16.8 Å². The SMILES string of the molecule is Cc1cccc2c(=O)n(CCC(=O)N(C)CCOc3ccc(F)cc3)cnc12. The zero-order valence-electron chi connectivity index (χ0n) is 15.9. The van der Waals surface area contributed by atoms with E-state index in [1.807, 2.05) is 19.1 Å². The highest BCUT2D eigenvalue weighted by atomic mass is 19.1. The summed E-state index contributed by atoms with van der Waals surface area (Å²) in [7, 11) is 1.68. The van der Waals surface area contributed by atoms with E-state index in [1.54, 1.807) is 18.0 Å². The van der Waals surface area contributed by atoms with E-state index in [0.717, 1.165) is 5.56 Å². The Morgan fingerprint density at radius 3 is 2.71 bits per heavy atom.